The highest BCUT2D eigenvalue weighted by Gasteiger charge is 2.00. The summed E-state index contributed by atoms with van der Waals surface area (Å²) in [5, 5.41) is 3.49. The molecule has 0 aromatic carbocycles. The second-order valence-electron chi connectivity index (χ2n) is 1.79. The first-order chi connectivity index (χ1) is 6.52. The van der Waals surface area contributed by atoms with Gasteiger partial charge in [0.1, 0.15) is 10.3 Å². The van der Waals surface area contributed by atoms with Gasteiger partial charge >= 0.3 is 0 Å². The Kier molecular flexibility index (Phi) is 0.917. The van der Waals surface area contributed by atoms with E-state index in [2.05, 4.69) is 10.1 Å². The first kappa shape index (κ1) is 4.28. The van der Waals surface area contributed by atoms with Crippen LogP contribution in [0.25, 0.3) is 5.65 Å². The molecule has 0 atom stereocenters. The lowest BCUT2D eigenvalue weighted by Gasteiger charge is -1.95. The van der Waals surface area contributed by atoms with Gasteiger partial charge in [0, 0.05) is 12.1 Å². The van der Waals surface area contributed by atoms with Crippen LogP contribution in [0, 0.1) is 0 Å². The molecular formula is C6H3Cl2N3. The Labute approximate surface area is 76.8 Å². The van der Waals surface area contributed by atoms with Crippen LogP contribution in [0.5, 0.6) is 0 Å². The van der Waals surface area contributed by atoms with Crippen LogP contribution in [-0.2, 0) is 0 Å². The molecule has 0 radical (unpaired) electrons. The molecule has 0 saturated heterocycles. The van der Waals surface area contributed by atoms with E-state index < -0.39 is 0 Å². The highest BCUT2D eigenvalue weighted by Crippen LogP contribution is 2.14. The number of halogens is 2. The first-order valence-electron chi connectivity index (χ1n) is 4.20. The molecule has 0 amide bonds. The van der Waals surface area contributed by atoms with Crippen LogP contribution in [0.4, 0.5) is 0 Å². The number of fused-ring (bicyclic) bond motifs is 1. The summed E-state index contributed by atoms with van der Waals surface area (Å²) in [4.78, 5) is 3.74. The molecule has 5 heteroatoms. The minimum Gasteiger partial charge on any atom is -0.217 e. The maximum atomic E-state index is 7.42. The number of nitrogens with zero attached hydrogens (tertiary/aromatic N) is 3. The highest BCUT2D eigenvalue weighted by molar-refractivity contribution is 6.33. The van der Waals surface area contributed by atoms with Crippen LogP contribution >= 0.6 is 23.2 Å². The fraction of sp³-hybridized carbons (Fsp3) is 0. The van der Waals surface area contributed by atoms with Gasteiger partial charge in [-0.1, -0.05) is 23.2 Å². The third kappa shape index (κ3) is 1.06. The van der Waals surface area contributed by atoms with Crippen molar-refractivity contribution >= 4 is 28.8 Å². The fourth-order valence-electron chi connectivity index (χ4n) is 0.696. The van der Waals surface area contributed by atoms with Crippen LogP contribution < -0.4 is 0 Å². The topological polar surface area (TPSA) is 30.2 Å². The van der Waals surface area contributed by atoms with Gasteiger partial charge in [-0.25, -0.2) is 9.50 Å². The van der Waals surface area contributed by atoms with Gasteiger partial charge in [0.15, 0.2) is 5.65 Å². The van der Waals surface area contributed by atoms with Crippen LogP contribution in [0.15, 0.2) is 18.3 Å². The molecule has 0 unspecified atom stereocenters. The van der Waals surface area contributed by atoms with Crippen LogP contribution in [0.1, 0.15) is 4.11 Å². The van der Waals surface area contributed by atoms with Crippen molar-refractivity contribution in [1.29, 1.82) is 0 Å². The lowest BCUT2D eigenvalue weighted by molar-refractivity contribution is 0.940. The molecule has 0 aliphatic carbocycles. The number of rotatable bonds is 0. The largest absolute Gasteiger partial charge is 0.217 e. The normalized spacial score (nSPS) is 14.5. The monoisotopic (exact) mass is 190 g/mol. The van der Waals surface area contributed by atoms with E-state index in [1.165, 1.54) is 0 Å². The molecule has 0 N–H and O–H groups in total. The van der Waals surface area contributed by atoms with Gasteiger partial charge in [0.25, 0.3) is 0 Å². The van der Waals surface area contributed by atoms with Crippen molar-refractivity contribution < 1.29 is 4.11 Å². The van der Waals surface area contributed by atoms with Gasteiger partial charge in [-0.05, 0) is 0 Å². The van der Waals surface area contributed by atoms with Crippen molar-refractivity contribution in [2.45, 2.75) is 0 Å². The quantitative estimate of drug-likeness (QED) is 0.596. The third-order valence-corrected chi connectivity index (χ3v) is 1.55. The molecule has 0 saturated carbocycles. The molecule has 0 spiro atoms. The van der Waals surface area contributed by atoms with Crippen molar-refractivity contribution in [3.05, 3.63) is 28.6 Å². The van der Waals surface area contributed by atoms with E-state index in [4.69, 9.17) is 27.3 Å². The Morgan fingerprint density at radius 2 is 2.36 bits per heavy atom. The van der Waals surface area contributed by atoms with E-state index in [9.17, 15) is 0 Å². The molecule has 56 valence electrons. The van der Waals surface area contributed by atoms with Crippen molar-refractivity contribution in [2.75, 3.05) is 0 Å². The van der Waals surface area contributed by atoms with E-state index in [1.54, 1.807) is 0 Å². The van der Waals surface area contributed by atoms with Gasteiger partial charge in [0.05, 0.1) is 10.3 Å². The van der Waals surface area contributed by atoms with Crippen LogP contribution in [-0.4, -0.2) is 14.6 Å². The average molecular weight is 191 g/mol. The zero-order chi connectivity index (χ0) is 10.5. The fourth-order valence-corrected chi connectivity index (χ4v) is 1.12. The van der Waals surface area contributed by atoms with Gasteiger partial charge in [-0.2, -0.15) is 5.10 Å². The molecule has 2 aromatic rings. The van der Waals surface area contributed by atoms with Crippen molar-refractivity contribution in [2.24, 2.45) is 0 Å². The summed E-state index contributed by atoms with van der Waals surface area (Å²) in [6.07, 6.45) is -0.249. The lowest BCUT2D eigenvalue weighted by Crippen LogP contribution is -1.91. The lowest BCUT2D eigenvalue weighted by atomic mass is 10.6. The Balaban J connectivity index is 2.98. The second-order valence-corrected chi connectivity index (χ2v) is 2.51. The molecular weight excluding hydrogens is 185 g/mol. The molecule has 3 nitrogen and oxygen atoms in total. The van der Waals surface area contributed by atoms with E-state index >= 15 is 0 Å². The minimum absolute atomic E-state index is 0.0491. The van der Waals surface area contributed by atoms with Crippen molar-refractivity contribution in [3.8, 4) is 0 Å². The molecule has 2 heterocycles. The highest BCUT2D eigenvalue weighted by atomic mass is 35.5. The van der Waals surface area contributed by atoms with E-state index in [-0.39, 0.29) is 34.2 Å². The third-order valence-electron chi connectivity index (χ3n) is 1.11. The summed E-state index contributed by atoms with van der Waals surface area (Å²) in [5.74, 6) is 0. The molecule has 0 aliphatic heterocycles. The smallest absolute Gasteiger partial charge is 0.158 e. The van der Waals surface area contributed by atoms with Gasteiger partial charge in [0.2, 0.25) is 0 Å². The molecule has 11 heavy (non-hydrogen) atoms. The van der Waals surface area contributed by atoms with E-state index in [0.29, 0.717) is 0 Å². The summed E-state index contributed by atoms with van der Waals surface area (Å²) in [5.41, 5.74) is 0.0843. The Hall–Kier alpha value is -0.800. The van der Waals surface area contributed by atoms with Crippen molar-refractivity contribution in [1.82, 2.24) is 14.6 Å². The van der Waals surface area contributed by atoms with E-state index in [0.717, 1.165) is 4.52 Å². The summed E-state index contributed by atoms with van der Waals surface area (Å²) in [7, 11) is 0. The Morgan fingerprint density at radius 1 is 1.55 bits per heavy atom. The number of hydrogen-bond acceptors (Lipinski definition) is 2. The molecule has 0 fully saturated rings. The molecule has 0 aliphatic rings. The summed E-state index contributed by atoms with van der Waals surface area (Å²) >= 11 is 11.3. The zero-order valence-electron chi connectivity index (χ0n) is 8.10. The van der Waals surface area contributed by atoms with E-state index in [1.807, 2.05) is 0 Å². The summed E-state index contributed by atoms with van der Waals surface area (Å²) in [6, 6.07) is -0.322. The SMILES string of the molecule is [2H]c1nn2c(Cl)c([2H])c(Cl)nc2c1[2H]. The van der Waals surface area contributed by atoms with Crippen molar-refractivity contribution in [3.63, 3.8) is 0 Å². The summed E-state index contributed by atoms with van der Waals surface area (Å²) < 4.78 is 23.1. The zero-order valence-corrected chi connectivity index (χ0v) is 6.61. The first-order valence-corrected chi connectivity index (χ1v) is 3.45. The Morgan fingerprint density at radius 3 is 3.18 bits per heavy atom. The van der Waals surface area contributed by atoms with Gasteiger partial charge in [-0.3, -0.25) is 0 Å². The Bertz CT molecular complexity index is 525. The van der Waals surface area contributed by atoms with Gasteiger partial charge < -0.3 is 0 Å². The molecule has 2 rings (SSSR count). The van der Waals surface area contributed by atoms with Crippen LogP contribution in [0.3, 0.4) is 0 Å². The number of hydrogen-bond donors (Lipinski definition) is 0. The average Bonchev–Trinajstić information content (AvgIpc) is 2.42. The van der Waals surface area contributed by atoms with Gasteiger partial charge in [-0.15, -0.1) is 0 Å². The predicted octanol–water partition coefficient (Wildman–Crippen LogP) is 2.04. The second kappa shape index (κ2) is 2.36. The maximum absolute atomic E-state index is 7.42. The van der Waals surface area contributed by atoms with Crippen LogP contribution in [0.2, 0.25) is 10.3 Å². The molecule has 0 bridgehead atoms. The minimum atomic E-state index is -0.249. The summed E-state index contributed by atoms with van der Waals surface area (Å²) in [6.45, 7) is 0. The maximum Gasteiger partial charge on any atom is 0.158 e. The number of aromatic nitrogens is 3. The predicted molar refractivity (Wildman–Crippen MR) is 43.0 cm³/mol. The standard InChI is InChI=1S/C6H3Cl2N3/c7-4-3-5(8)11-6(10-4)1-2-9-11/h1-3H/i1D,2D,3D. The molecule has 2 aromatic heterocycles.